The van der Waals surface area contributed by atoms with Crippen molar-refractivity contribution in [2.45, 2.75) is 6.92 Å². The van der Waals surface area contributed by atoms with Crippen molar-refractivity contribution in [2.75, 3.05) is 17.7 Å². The number of carbonyl (C=O) groups is 1. The van der Waals surface area contributed by atoms with Gasteiger partial charge in [-0.1, -0.05) is 18.2 Å². The van der Waals surface area contributed by atoms with E-state index in [2.05, 4.69) is 15.6 Å². The second kappa shape index (κ2) is 7.49. The smallest absolute Gasteiger partial charge is 0.274 e. The largest absolute Gasteiger partial charge is 0.497 e. The van der Waals surface area contributed by atoms with Crippen molar-refractivity contribution >= 4 is 23.0 Å². The molecule has 0 aliphatic carbocycles. The van der Waals surface area contributed by atoms with Crippen LogP contribution >= 0.6 is 0 Å². The predicted octanol–water partition coefficient (Wildman–Crippen LogP) is 4.39. The number of nitrogens with zero attached hydrogens (tertiary/aromatic N) is 1. The van der Waals surface area contributed by atoms with E-state index in [-0.39, 0.29) is 5.91 Å². The van der Waals surface area contributed by atoms with Crippen LogP contribution < -0.4 is 15.4 Å². The summed E-state index contributed by atoms with van der Waals surface area (Å²) in [7, 11) is 1.60. The van der Waals surface area contributed by atoms with E-state index in [1.54, 1.807) is 43.6 Å². The third kappa shape index (κ3) is 4.14. The van der Waals surface area contributed by atoms with Crippen LogP contribution in [0.15, 0.2) is 66.9 Å². The molecule has 1 amide bonds. The lowest BCUT2D eigenvalue weighted by atomic mass is 10.2. The van der Waals surface area contributed by atoms with Gasteiger partial charge in [0, 0.05) is 23.3 Å². The number of rotatable bonds is 5. The SMILES string of the molecule is COc1ccc(NC(=O)c2cc(Nc3ccccc3C)ccn2)cc1. The fourth-order valence-electron chi connectivity index (χ4n) is 2.37. The number of anilines is 3. The molecule has 2 aromatic carbocycles. The summed E-state index contributed by atoms with van der Waals surface area (Å²) in [5, 5.41) is 6.14. The topological polar surface area (TPSA) is 63.2 Å². The van der Waals surface area contributed by atoms with Gasteiger partial charge in [0.05, 0.1) is 7.11 Å². The van der Waals surface area contributed by atoms with Gasteiger partial charge in [0.25, 0.3) is 5.91 Å². The van der Waals surface area contributed by atoms with Crippen molar-refractivity contribution in [3.05, 3.63) is 78.1 Å². The zero-order valence-corrected chi connectivity index (χ0v) is 14.1. The number of benzene rings is 2. The third-order valence-electron chi connectivity index (χ3n) is 3.76. The molecule has 1 heterocycles. The first kappa shape index (κ1) is 16.5. The molecule has 0 bridgehead atoms. The molecule has 0 fully saturated rings. The summed E-state index contributed by atoms with van der Waals surface area (Å²) in [6, 6.07) is 18.7. The van der Waals surface area contributed by atoms with Gasteiger partial charge in [0.15, 0.2) is 0 Å². The first-order valence-corrected chi connectivity index (χ1v) is 7.90. The van der Waals surface area contributed by atoms with Crippen LogP contribution in [0.4, 0.5) is 17.1 Å². The third-order valence-corrected chi connectivity index (χ3v) is 3.76. The fourth-order valence-corrected chi connectivity index (χ4v) is 2.37. The van der Waals surface area contributed by atoms with E-state index in [9.17, 15) is 4.79 Å². The highest BCUT2D eigenvalue weighted by Crippen LogP contribution is 2.21. The lowest BCUT2D eigenvalue weighted by Crippen LogP contribution is -2.13. The number of hydrogen-bond donors (Lipinski definition) is 2. The number of aryl methyl sites for hydroxylation is 1. The zero-order valence-electron chi connectivity index (χ0n) is 14.1. The number of carbonyl (C=O) groups excluding carboxylic acids is 1. The Hall–Kier alpha value is -3.34. The molecular formula is C20H19N3O2. The number of para-hydroxylation sites is 1. The molecule has 5 nitrogen and oxygen atoms in total. The average Bonchev–Trinajstić information content (AvgIpc) is 2.64. The molecule has 0 aliphatic heterocycles. The molecule has 0 spiro atoms. The Morgan fingerprint density at radius 1 is 1.00 bits per heavy atom. The summed E-state index contributed by atoms with van der Waals surface area (Å²) >= 11 is 0. The van der Waals surface area contributed by atoms with Gasteiger partial charge < -0.3 is 15.4 Å². The van der Waals surface area contributed by atoms with Gasteiger partial charge in [-0.15, -0.1) is 0 Å². The van der Waals surface area contributed by atoms with E-state index in [1.807, 2.05) is 37.3 Å². The maximum absolute atomic E-state index is 12.4. The van der Waals surface area contributed by atoms with Gasteiger partial charge in [-0.2, -0.15) is 0 Å². The molecule has 0 unspecified atom stereocenters. The predicted molar refractivity (Wildman–Crippen MR) is 99.6 cm³/mol. The number of methoxy groups -OCH3 is 1. The summed E-state index contributed by atoms with van der Waals surface area (Å²) < 4.78 is 5.11. The number of ether oxygens (including phenoxy) is 1. The first-order chi connectivity index (χ1) is 12.2. The monoisotopic (exact) mass is 333 g/mol. The standard InChI is InChI=1S/C20H19N3O2/c1-14-5-3-4-6-18(14)22-16-11-12-21-19(13-16)20(24)23-15-7-9-17(25-2)10-8-15/h3-13H,1-2H3,(H,21,22)(H,23,24). The summed E-state index contributed by atoms with van der Waals surface area (Å²) in [6.07, 6.45) is 1.61. The van der Waals surface area contributed by atoms with Gasteiger partial charge >= 0.3 is 0 Å². The number of hydrogen-bond acceptors (Lipinski definition) is 4. The van der Waals surface area contributed by atoms with E-state index < -0.39 is 0 Å². The quantitative estimate of drug-likeness (QED) is 0.727. The molecule has 0 saturated heterocycles. The Balaban J connectivity index is 1.74. The lowest BCUT2D eigenvalue weighted by molar-refractivity contribution is 0.102. The van der Waals surface area contributed by atoms with Crippen LogP contribution in [0.3, 0.4) is 0 Å². The summed E-state index contributed by atoms with van der Waals surface area (Å²) in [6.45, 7) is 2.03. The Morgan fingerprint density at radius 2 is 1.76 bits per heavy atom. The van der Waals surface area contributed by atoms with Crippen molar-refractivity contribution in [1.82, 2.24) is 4.98 Å². The molecule has 5 heteroatoms. The van der Waals surface area contributed by atoms with Crippen molar-refractivity contribution < 1.29 is 9.53 Å². The second-order valence-corrected chi connectivity index (χ2v) is 5.55. The molecule has 25 heavy (non-hydrogen) atoms. The van der Waals surface area contributed by atoms with Crippen LogP contribution in [0.2, 0.25) is 0 Å². The van der Waals surface area contributed by atoms with Crippen LogP contribution in [-0.2, 0) is 0 Å². The Bertz CT molecular complexity index is 876. The van der Waals surface area contributed by atoms with Crippen LogP contribution in [0, 0.1) is 6.92 Å². The molecule has 2 N–H and O–H groups in total. The van der Waals surface area contributed by atoms with Crippen molar-refractivity contribution in [1.29, 1.82) is 0 Å². The molecule has 0 radical (unpaired) electrons. The van der Waals surface area contributed by atoms with Gasteiger partial charge in [-0.25, -0.2) is 0 Å². The van der Waals surface area contributed by atoms with Crippen LogP contribution in [0.1, 0.15) is 16.1 Å². The van der Waals surface area contributed by atoms with Crippen molar-refractivity contribution in [2.24, 2.45) is 0 Å². The zero-order chi connectivity index (χ0) is 17.6. The minimum absolute atomic E-state index is 0.265. The van der Waals surface area contributed by atoms with E-state index in [4.69, 9.17) is 4.74 Å². The van der Waals surface area contributed by atoms with Gasteiger partial charge in [-0.3, -0.25) is 9.78 Å². The first-order valence-electron chi connectivity index (χ1n) is 7.90. The maximum atomic E-state index is 12.4. The highest BCUT2D eigenvalue weighted by atomic mass is 16.5. The van der Waals surface area contributed by atoms with Crippen molar-refractivity contribution in [3.63, 3.8) is 0 Å². The molecule has 1 aromatic heterocycles. The minimum atomic E-state index is -0.265. The van der Waals surface area contributed by atoms with E-state index in [0.717, 1.165) is 22.7 Å². The summed E-state index contributed by atoms with van der Waals surface area (Å²) in [4.78, 5) is 16.6. The maximum Gasteiger partial charge on any atom is 0.274 e. The highest BCUT2D eigenvalue weighted by molar-refractivity contribution is 6.03. The molecule has 0 aliphatic rings. The van der Waals surface area contributed by atoms with Crippen LogP contribution in [0.5, 0.6) is 5.75 Å². The molecule has 126 valence electrons. The normalized spacial score (nSPS) is 10.2. The number of aromatic nitrogens is 1. The molecule has 0 atom stereocenters. The van der Waals surface area contributed by atoms with Gasteiger partial charge in [-0.05, 0) is 55.0 Å². The van der Waals surface area contributed by atoms with Gasteiger partial charge in [0.2, 0.25) is 0 Å². The number of pyridine rings is 1. The molecular weight excluding hydrogens is 314 g/mol. The Morgan fingerprint density at radius 3 is 2.48 bits per heavy atom. The molecule has 3 aromatic rings. The van der Waals surface area contributed by atoms with E-state index in [1.165, 1.54) is 0 Å². The van der Waals surface area contributed by atoms with Crippen molar-refractivity contribution in [3.8, 4) is 5.75 Å². The molecule has 0 saturated carbocycles. The number of amides is 1. The summed E-state index contributed by atoms with van der Waals surface area (Å²) in [5.74, 6) is 0.471. The lowest BCUT2D eigenvalue weighted by Gasteiger charge is -2.10. The van der Waals surface area contributed by atoms with Crippen LogP contribution in [0.25, 0.3) is 0 Å². The fraction of sp³-hybridized carbons (Fsp3) is 0.100. The summed E-state index contributed by atoms with van der Waals surface area (Å²) in [5.41, 5.74) is 3.96. The highest BCUT2D eigenvalue weighted by Gasteiger charge is 2.09. The van der Waals surface area contributed by atoms with Crippen LogP contribution in [-0.4, -0.2) is 18.0 Å². The average molecular weight is 333 g/mol. The molecule has 3 rings (SSSR count). The Labute approximate surface area is 146 Å². The second-order valence-electron chi connectivity index (χ2n) is 5.55. The minimum Gasteiger partial charge on any atom is -0.497 e. The Kier molecular flexibility index (Phi) is 4.95. The van der Waals surface area contributed by atoms with Gasteiger partial charge in [0.1, 0.15) is 11.4 Å². The van der Waals surface area contributed by atoms with E-state index >= 15 is 0 Å². The van der Waals surface area contributed by atoms with E-state index in [0.29, 0.717) is 11.4 Å². The number of nitrogens with one attached hydrogen (secondary N) is 2.